The molecule has 1 aromatic rings. The van der Waals surface area contributed by atoms with Crippen LogP contribution in [0.5, 0.6) is 5.75 Å². The van der Waals surface area contributed by atoms with Gasteiger partial charge in [-0.05, 0) is 57.4 Å². The number of carbonyl (C=O) groups excluding carboxylic acids is 1. The average Bonchev–Trinajstić information content (AvgIpc) is 2.98. The van der Waals surface area contributed by atoms with Crippen molar-refractivity contribution in [1.29, 1.82) is 0 Å². The molecule has 1 saturated heterocycles. The second-order valence-electron chi connectivity index (χ2n) is 7.05. The Morgan fingerprint density at radius 1 is 1.33 bits per heavy atom. The normalized spacial score (nSPS) is 21.0. The van der Waals surface area contributed by atoms with Crippen molar-refractivity contribution in [2.24, 2.45) is 0 Å². The van der Waals surface area contributed by atoms with Crippen LogP contribution >= 0.6 is 0 Å². The molecule has 0 saturated carbocycles. The molecular formula is C16H25N5O3. The first-order valence-electron chi connectivity index (χ1n) is 8.20. The van der Waals surface area contributed by atoms with Crippen LogP contribution in [0.4, 0.5) is 10.5 Å². The number of hydrogen-bond acceptors (Lipinski definition) is 7. The summed E-state index contributed by atoms with van der Waals surface area (Å²) in [6, 6.07) is 5.69. The molecule has 1 amide bonds. The quantitative estimate of drug-likeness (QED) is 0.572. The molecule has 2 heterocycles. The van der Waals surface area contributed by atoms with Crippen molar-refractivity contribution in [3.05, 3.63) is 23.8 Å². The highest BCUT2D eigenvalue weighted by atomic mass is 16.6. The molecule has 0 spiro atoms. The van der Waals surface area contributed by atoms with Crippen LogP contribution in [0, 0.1) is 0 Å². The summed E-state index contributed by atoms with van der Waals surface area (Å²) < 4.78 is 11.3. The van der Waals surface area contributed by atoms with Crippen LogP contribution in [0.3, 0.4) is 0 Å². The van der Waals surface area contributed by atoms with E-state index >= 15 is 0 Å². The fourth-order valence-electron chi connectivity index (χ4n) is 2.77. The van der Waals surface area contributed by atoms with E-state index in [0.29, 0.717) is 0 Å². The first-order chi connectivity index (χ1) is 11.4. The van der Waals surface area contributed by atoms with Crippen molar-refractivity contribution in [2.75, 3.05) is 5.32 Å². The molecule has 5 N–H and O–H groups in total. The molecule has 3 rings (SSSR count). The molecule has 2 aliphatic rings. The van der Waals surface area contributed by atoms with Crippen LogP contribution in [0.1, 0.15) is 39.2 Å². The lowest BCUT2D eigenvalue weighted by Crippen LogP contribution is -2.39. The van der Waals surface area contributed by atoms with Gasteiger partial charge in [-0.1, -0.05) is 0 Å². The summed E-state index contributed by atoms with van der Waals surface area (Å²) in [6.45, 7) is 5.52. The summed E-state index contributed by atoms with van der Waals surface area (Å²) in [6.07, 6.45) is 2.52. The van der Waals surface area contributed by atoms with Gasteiger partial charge in [0.2, 0.25) is 0 Å². The van der Waals surface area contributed by atoms with E-state index < -0.39 is 11.7 Å². The van der Waals surface area contributed by atoms with Gasteiger partial charge in [-0.3, -0.25) is 5.32 Å². The van der Waals surface area contributed by atoms with E-state index in [-0.39, 0.29) is 12.3 Å². The van der Waals surface area contributed by atoms with Gasteiger partial charge in [-0.2, -0.15) is 11.1 Å². The summed E-state index contributed by atoms with van der Waals surface area (Å²) in [4.78, 5) is 11.9. The number of benzene rings is 1. The molecule has 8 heteroatoms. The first-order valence-corrected chi connectivity index (χ1v) is 8.20. The Labute approximate surface area is 141 Å². The Balaban J connectivity index is 1.58. The number of ether oxygens (including phenoxy) is 2. The zero-order chi connectivity index (χ0) is 17.2. The van der Waals surface area contributed by atoms with Gasteiger partial charge in [-0.15, -0.1) is 0 Å². The minimum Gasteiger partial charge on any atom is -0.490 e. The second kappa shape index (κ2) is 6.94. The summed E-state index contributed by atoms with van der Waals surface area (Å²) in [5, 5.41) is 2.77. The molecule has 24 heavy (non-hydrogen) atoms. The summed E-state index contributed by atoms with van der Waals surface area (Å²) in [5.74, 6) is 0.875. The number of rotatable bonds is 3. The van der Waals surface area contributed by atoms with E-state index in [4.69, 9.17) is 9.47 Å². The number of hydrazine groups is 3. The Morgan fingerprint density at radius 3 is 2.79 bits per heavy atom. The predicted octanol–water partition coefficient (Wildman–Crippen LogP) is 1.56. The van der Waals surface area contributed by atoms with E-state index in [1.54, 1.807) is 0 Å². The maximum absolute atomic E-state index is 11.9. The summed E-state index contributed by atoms with van der Waals surface area (Å²) in [7, 11) is 0. The Kier molecular flexibility index (Phi) is 4.91. The molecule has 0 aromatic heterocycles. The number of aryl methyl sites for hydroxylation is 1. The van der Waals surface area contributed by atoms with Crippen molar-refractivity contribution < 1.29 is 14.3 Å². The molecule has 0 aliphatic carbocycles. The Bertz CT molecular complexity index is 596. The molecule has 132 valence electrons. The molecule has 1 unspecified atom stereocenters. The van der Waals surface area contributed by atoms with Crippen LogP contribution in [0.2, 0.25) is 0 Å². The summed E-state index contributed by atoms with van der Waals surface area (Å²) >= 11 is 0. The van der Waals surface area contributed by atoms with Crippen molar-refractivity contribution in [3.8, 4) is 5.75 Å². The van der Waals surface area contributed by atoms with Crippen molar-refractivity contribution in [3.63, 3.8) is 0 Å². The van der Waals surface area contributed by atoms with Gasteiger partial charge in [0.15, 0.2) is 0 Å². The van der Waals surface area contributed by atoms with Gasteiger partial charge in [0.05, 0.1) is 6.17 Å². The minimum absolute atomic E-state index is 0.129. The highest BCUT2D eigenvalue weighted by molar-refractivity contribution is 5.85. The highest BCUT2D eigenvalue weighted by Crippen LogP contribution is 2.31. The fourth-order valence-corrected chi connectivity index (χ4v) is 2.77. The van der Waals surface area contributed by atoms with Gasteiger partial charge < -0.3 is 9.47 Å². The van der Waals surface area contributed by atoms with Crippen molar-refractivity contribution in [1.82, 2.24) is 21.9 Å². The van der Waals surface area contributed by atoms with Crippen LogP contribution < -0.4 is 32.0 Å². The lowest BCUT2D eigenvalue weighted by molar-refractivity contribution is 0.0636. The molecule has 0 radical (unpaired) electrons. The third-order valence-electron chi connectivity index (χ3n) is 3.79. The number of fused-ring (bicyclic) bond motifs is 1. The van der Waals surface area contributed by atoms with E-state index in [2.05, 4.69) is 27.2 Å². The lowest BCUT2D eigenvalue weighted by Gasteiger charge is -2.28. The molecule has 8 nitrogen and oxygen atoms in total. The zero-order valence-corrected chi connectivity index (χ0v) is 14.2. The number of anilines is 1. The molecule has 1 aromatic carbocycles. The Hall–Kier alpha value is -1.87. The zero-order valence-electron chi connectivity index (χ0n) is 14.2. The van der Waals surface area contributed by atoms with Gasteiger partial charge in [0, 0.05) is 12.1 Å². The van der Waals surface area contributed by atoms with Crippen molar-refractivity contribution in [2.45, 2.75) is 57.9 Å². The first kappa shape index (κ1) is 17.0. The predicted molar refractivity (Wildman–Crippen MR) is 90.0 cm³/mol. The Morgan fingerprint density at radius 2 is 2.08 bits per heavy atom. The van der Waals surface area contributed by atoms with Gasteiger partial charge >= 0.3 is 6.09 Å². The third-order valence-corrected chi connectivity index (χ3v) is 3.79. The van der Waals surface area contributed by atoms with Crippen molar-refractivity contribution >= 4 is 11.8 Å². The van der Waals surface area contributed by atoms with E-state index in [9.17, 15) is 4.79 Å². The monoisotopic (exact) mass is 335 g/mol. The topological polar surface area (TPSA) is 95.7 Å². The third kappa shape index (κ3) is 4.57. The maximum atomic E-state index is 11.9. The van der Waals surface area contributed by atoms with E-state index in [1.807, 2.05) is 39.0 Å². The molecule has 0 bridgehead atoms. The van der Waals surface area contributed by atoms with E-state index in [1.165, 1.54) is 0 Å². The average molecular weight is 335 g/mol. The van der Waals surface area contributed by atoms with Crippen LogP contribution in [-0.2, 0) is 11.2 Å². The minimum atomic E-state index is -0.513. The van der Waals surface area contributed by atoms with Gasteiger partial charge in [0.25, 0.3) is 0 Å². The second-order valence-corrected chi connectivity index (χ2v) is 7.05. The number of amides is 1. The van der Waals surface area contributed by atoms with E-state index in [0.717, 1.165) is 36.3 Å². The number of hydrogen-bond donors (Lipinski definition) is 5. The highest BCUT2D eigenvalue weighted by Gasteiger charge is 2.25. The van der Waals surface area contributed by atoms with Gasteiger partial charge in [0.1, 0.15) is 17.5 Å². The SMILES string of the molecule is CC(C)(C)OC(=O)Nc1ccc2c(c1)CCC(CC1NNNN1)O2. The maximum Gasteiger partial charge on any atom is 0.412 e. The number of carbonyl (C=O) groups is 1. The van der Waals surface area contributed by atoms with Gasteiger partial charge in [-0.25, -0.2) is 15.6 Å². The smallest absolute Gasteiger partial charge is 0.412 e. The largest absolute Gasteiger partial charge is 0.490 e. The van der Waals surface area contributed by atoms with Crippen LogP contribution in [0.25, 0.3) is 0 Å². The van der Waals surface area contributed by atoms with Crippen LogP contribution in [-0.4, -0.2) is 24.0 Å². The fraction of sp³-hybridized carbons (Fsp3) is 0.562. The molecule has 1 fully saturated rings. The molecule has 1 atom stereocenters. The number of nitrogens with one attached hydrogen (secondary N) is 5. The lowest BCUT2D eigenvalue weighted by atomic mass is 9.99. The standard InChI is InChI=1S/C16H25N5O3/c1-16(2,3)24-15(22)17-11-5-7-13-10(8-11)4-6-12(23-13)9-14-18-20-21-19-14/h5,7-8,12,14,18-21H,4,6,9H2,1-3H3,(H,17,22). The summed E-state index contributed by atoms with van der Waals surface area (Å²) in [5.41, 5.74) is 13.0. The molecular weight excluding hydrogens is 310 g/mol. The van der Waals surface area contributed by atoms with Crippen LogP contribution in [0.15, 0.2) is 18.2 Å². The molecule has 2 aliphatic heterocycles.